The van der Waals surface area contributed by atoms with Crippen LogP contribution >= 0.6 is 11.8 Å². The second-order valence-corrected chi connectivity index (χ2v) is 5.34. The summed E-state index contributed by atoms with van der Waals surface area (Å²) in [5, 5.41) is 9.92. The fourth-order valence-electron chi connectivity index (χ4n) is 1.97. The van der Waals surface area contributed by atoms with Crippen molar-refractivity contribution in [3.8, 4) is 5.75 Å². The molecule has 0 aromatic heterocycles. The van der Waals surface area contributed by atoms with E-state index in [0.717, 1.165) is 22.0 Å². The summed E-state index contributed by atoms with van der Waals surface area (Å²) in [6, 6.07) is 16.2. The van der Waals surface area contributed by atoms with Crippen molar-refractivity contribution in [1.82, 2.24) is 0 Å². The zero-order chi connectivity index (χ0) is 13.7. The summed E-state index contributed by atoms with van der Waals surface area (Å²) in [7, 11) is 1.63. The number of thioether (sulfide) groups is 1. The van der Waals surface area contributed by atoms with Gasteiger partial charge in [-0.1, -0.05) is 36.4 Å². The van der Waals surface area contributed by atoms with Gasteiger partial charge in [0.15, 0.2) is 0 Å². The topological polar surface area (TPSA) is 29.5 Å². The van der Waals surface area contributed by atoms with Crippen molar-refractivity contribution in [2.24, 2.45) is 0 Å². The maximum absolute atomic E-state index is 9.92. The van der Waals surface area contributed by atoms with E-state index in [1.807, 2.05) is 36.4 Å². The molecule has 0 bridgehead atoms. The predicted octanol–water partition coefficient (Wildman–Crippen LogP) is 4.04. The Morgan fingerprint density at radius 3 is 2.47 bits per heavy atom. The quantitative estimate of drug-likeness (QED) is 0.834. The Balaban J connectivity index is 2.20. The molecule has 1 N–H and O–H groups in total. The molecule has 0 aliphatic carbocycles. The minimum absolute atomic E-state index is 0.533. The van der Waals surface area contributed by atoms with Crippen LogP contribution in [0.15, 0.2) is 53.4 Å². The van der Waals surface area contributed by atoms with Gasteiger partial charge in [0.2, 0.25) is 0 Å². The first-order valence-electron chi connectivity index (χ1n) is 6.24. The van der Waals surface area contributed by atoms with E-state index in [-0.39, 0.29) is 0 Å². The summed E-state index contributed by atoms with van der Waals surface area (Å²) in [4.78, 5) is 1.07. The van der Waals surface area contributed by atoms with E-state index in [4.69, 9.17) is 4.74 Å². The smallest absolute Gasteiger partial charge is 0.125 e. The van der Waals surface area contributed by atoms with Crippen LogP contribution in [-0.4, -0.2) is 12.2 Å². The lowest BCUT2D eigenvalue weighted by atomic mass is 10.1. The van der Waals surface area contributed by atoms with E-state index >= 15 is 0 Å². The molecular weight excluding hydrogens is 256 g/mol. The van der Waals surface area contributed by atoms with Crippen molar-refractivity contribution in [1.29, 1.82) is 0 Å². The fraction of sp³-hybridized carbons (Fsp3) is 0.250. The molecule has 3 heteroatoms. The van der Waals surface area contributed by atoms with Crippen LogP contribution in [0.3, 0.4) is 0 Å². The highest BCUT2D eigenvalue weighted by molar-refractivity contribution is 7.98. The van der Waals surface area contributed by atoms with Gasteiger partial charge < -0.3 is 9.84 Å². The molecule has 0 spiro atoms. The molecule has 2 aromatic rings. The fourth-order valence-corrected chi connectivity index (χ4v) is 3.09. The van der Waals surface area contributed by atoms with E-state index in [1.165, 1.54) is 5.56 Å². The lowest BCUT2D eigenvalue weighted by Gasteiger charge is -2.15. The van der Waals surface area contributed by atoms with Crippen LogP contribution in [-0.2, 0) is 5.75 Å². The zero-order valence-electron chi connectivity index (χ0n) is 11.2. The van der Waals surface area contributed by atoms with E-state index in [2.05, 4.69) is 12.1 Å². The van der Waals surface area contributed by atoms with Crippen molar-refractivity contribution in [3.05, 3.63) is 59.7 Å². The van der Waals surface area contributed by atoms with E-state index in [9.17, 15) is 5.11 Å². The second kappa shape index (κ2) is 6.64. The molecule has 0 heterocycles. The summed E-state index contributed by atoms with van der Waals surface area (Å²) < 4.78 is 5.33. The first-order valence-corrected chi connectivity index (χ1v) is 7.22. The standard InChI is InChI=1S/C16H18O2S/c1-12(17)16-14(18-2)9-6-10-15(16)19-11-13-7-4-3-5-8-13/h3-10,12,17H,11H2,1-2H3/t12-/m1/s1. The first kappa shape index (κ1) is 14.0. The molecule has 0 aliphatic heterocycles. The Morgan fingerprint density at radius 2 is 1.84 bits per heavy atom. The minimum Gasteiger partial charge on any atom is -0.496 e. The third-order valence-corrected chi connectivity index (χ3v) is 4.05. The van der Waals surface area contributed by atoms with Gasteiger partial charge in [0.25, 0.3) is 0 Å². The van der Waals surface area contributed by atoms with Gasteiger partial charge in [-0.3, -0.25) is 0 Å². The Morgan fingerprint density at radius 1 is 1.11 bits per heavy atom. The van der Waals surface area contributed by atoms with Gasteiger partial charge in [-0.15, -0.1) is 11.8 Å². The number of methoxy groups -OCH3 is 1. The molecule has 1 atom stereocenters. The first-order chi connectivity index (χ1) is 9.22. The predicted molar refractivity (Wildman–Crippen MR) is 79.6 cm³/mol. The molecule has 0 fully saturated rings. The Bertz CT molecular complexity index is 524. The van der Waals surface area contributed by atoms with Crippen LogP contribution in [0.4, 0.5) is 0 Å². The second-order valence-electron chi connectivity index (χ2n) is 4.32. The molecule has 2 aromatic carbocycles. The van der Waals surface area contributed by atoms with Gasteiger partial charge in [-0.25, -0.2) is 0 Å². The van der Waals surface area contributed by atoms with Crippen molar-refractivity contribution in [2.45, 2.75) is 23.7 Å². The molecule has 2 rings (SSSR count). The van der Waals surface area contributed by atoms with Gasteiger partial charge in [0.05, 0.1) is 13.2 Å². The molecule has 0 aliphatic rings. The summed E-state index contributed by atoms with van der Waals surface area (Å²) in [5.41, 5.74) is 2.14. The highest BCUT2D eigenvalue weighted by Gasteiger charge is 2.14. The van der Waals surface area contributed by atoms with Gasteiger partial charge >= 0.3 is 0 Å². The van der Waals surface area contributed by atoms with Gasteiger partial charge in [-0.05, 0) is 24.6 Å². The van der Waals surface area contributed by atoms with Crippen molar-refractivity contribution in [3.63, 3.8) is 0 Å². The number of hydrogen-bond acceptors (Lipinski definition) is 3. The van der Waals surface area contributed by atoms with Crippen molar-refractivity contribution in [2.75, 3.05) is 7.11 Å². The van der Waals surface area contributed by atoms with Crippen molar-refractivity contribution >= 4 is 11.8 Å². The number of aliphatic hydroxyl groups excluding tert-OH is 1. The number of aliphatic hydroxyl groups is 1. The average Bonchev–Trinajstić information content (AvgIpc) is 2.45. The van der Waals surface area contributed by atoms with Crippen LogP contribution in [0.1, 0.15) is 24.2 Å². The molecule has 0 amide bonds. The number of rotatable bonds is 5. The van der Waals surface area contributed by atoms with Crippen LogP contribution < -0.4 is 4.74 Å². The van der Waals surface area contributed by atoms with Gasteiger partial charge in [0, 0.05) is 16.2 Å². The SMILES string of the molecule is COc1cccc(SCc2ccccc2)c1[C@@H](C)O. The molecule has 0 saturated heterocycles. The van der Waals surface area contributed by atoms with Gasteiger partial charge in [0.1, 0.15) is 5.75 Å². The largest absolute Gasteiger partial charge is 0.496 e. The summed E-state index contributed by atoms with van der Waals surface area (Å²) >= 11 is 1.72. The molecule has 19 heavy (non-hydrogen) atoms. The van der Waals surface area contributed by atoms with E-state index in [0.29, 0.717) is 0 Å². The Hall–Kier alpha value is -1.45. The van der Waals surface area contributed by atoms with Crippen LogP contribution in [0, 0.1) is 0 Å². The molecule has 0 saturated carbocycles. The monoisotopic (exact) mass is 274 g/mol. The van der Waals surface area contributed by atoms with Crippen LogP contribution in [0.25, 0.3) is 0 Å². The highest BCUT2D eigenvalue weighted by atomic mass is 32.2. The van der Waals surface area contributed by atoms with E-state index < -0.39 is 6.10 Å². The third kappa shape index (κ3) is 3.52. The van der Waals surface area contributed by atoms with Crippen LogP contribution in [0.2, 0.25) is 0 Å². The van der Waals surface area contributed by atoms with Crippen molar-refractivity contribution < 1.29 is 9.84 Å². The lowest BCUT2D eigenvalue weighted by molar-refractivity contribution is 0.191. The normalized spacial score (nSPS) is 12.2. The number of benzene rings is 2. The lowest BCUT2D eigenvalue weighted by Crippen LogP contribution is -1.99. The summed E-state index contributed by atoms with van der Waals surface area (Å²) in [6.45, 7) is 1.77. The molecule has 100 valence electrons. The average molecular weight is 274 g/mol. The molecule has 2 nitrogen and oxygen atoms in total. The molecular formula is C16H18O2S. The third-order valence-electron chi connectivity index (χ3n) is 2.90. The highest BCUT2D eigenvalue weighted by Crippen LogP contribution is 2.36. The molecule has 0 unspecified atom stereocenters. The van der Waals surface area contributed by atoms with Gasteiger partial charge in [-0.2, -0.15) is 0 Å². The maximum Gasteiger partial charge on any atom is 0.125 e. The summed E-state index contributed by atoms with van der Waals surface area (Å²) in [6.07, 6.45) is -0.533. The maximum atomic E-state index is 9.92. The Kier molecular flexibility index (Phi) is 4.88. The van der Waals surface area contributed by atoms with Crippen LogP contribution in [0.5, 0.6) is 5.75 Å². The number of ether oxygens (including phenoxy) is 1. The summed E-state index contributed by atoms with van der Waals surface area (Å²) in [5.74, 6) is 1.63. The van der Waals surface area contributed by atoms with E-state index in [1.54, 1.807) is 25.8 Å². The number of hydrogen-bond donors (Lipinski definition) is 1. The Labute approximate surface area is 118 Å². The molecule has 0 radical (unpaired) electrons. The zero-order valence-corrected chi connectivity index (χ0v) is 12.0. The minimum atomic E-state index is -0.533.